The van der Waals surface area contributed by atoms with E-state index in [0.717, 1.165) is 19.5 Å². The molecule has 1 atom stereocenters. The van der Waals surface area contributed by atoms with Crippen LogP contribution in [0.4, 0.5) is 0 Å². The molecule has 4 heteroatoms. The SMILES string of the molecule is COCCN1CCC1C(=O)O. The summed E-state index contributed by atoms with van der Waals surface area (Å²) in [6, 6.07) is -0.259. The number of carboxylic acids is 1. The molecule has 4 nitrogen and oxygen atoms in total. The Kier molecular flexibility index (Phi) is 2.84. The van der Waals surface area contributed by atoms with Gasteiger partial charge >= 0.3 is 5.97 Å². The Labute approximate surface area is 65.8 Å². The second-order valence-electron chi connectivity index (χ2n) is 2.67. The Morgan fingerprint density at radius 3 is 2.91 bits per heavy atom. The van der Waals surface area contributed by atoms with Crippen molar-refractivity contribution in [1.29, 1.82) is 0 Å². The van der Waals surface area contributed by atoms with Crippen LogP contribution in [0, 0.1) is 0 Å². The highest BCUT2D eigenvalue weighted by molar-refractivity contribution is 5.74. The van der Waals surface area contributed by atoms with Crippen molar-refractivity contribution in [1.82, 2.24) is 4.90 Å². The van der Waals surface area contributed by atoms with Crippen molar-refractivity contribution in [3.05, 3.63) is 0 Å². The fourth-order valence-corrected chi connectivity index (χ4v) is 1.20. The third-order valence-corrected chi connectivity index (χ3v) is 2.00. The van der Waals surface area contributed by atoms with Crippen molar-refractivity contribution in [3.63, 3.8) is 0 Å². The van der Waals surface area contributed by atoms with Crippen molar-refractivity contribution in [2.75, 3.05) is 26.8 Å². The van der Waals surface area contributed by atoms with Crippen LogP contribution in [-0.2, 0) is 9.53 Å². The van der Waals surface area contributed by atoms with Crippen LogP contribution in [0.5, 0.6) is 0 Å². The highest BCUT2D eigenvalue weighted by Gasteiger charge is 2.33. The lowest BCUT2D eigenvalue weighted by Gasteiger charge is -2.37. The second-order valence-corrected chi connectivity index (χ2v) is 2.67. The minimum atomic E-state index is -0.715. The summed E-state index contributed by atoms with van der Waals surface area (Å²) in [6.45, 7) is 2.23. The van der Waals surface area contributed by atoms with E-state index in [0.29, 0.717) is 6.61 Å². The number of rotatable bonds is 4. The molecule has 1 N–H and O–H groups in total. The van der Waals surface area contributed by atoms with Crippen LogP contribution >= 0.6 is 0 Å². The van der Waals surface area contributed by atoms with Crippen LogP contribution in [0.15, 0.2) is 0 Å². The van der Waals surface area contributed by atoms with Gasteiger partial charge in [0.25, 0.3) is 0 Å². The Morgan fingerprint density at radius 1 is 1.82 bits per heavy atom. The molecule has 1 aliphatic rings. The van der Waals surface area contributed by atoms with Crippen LogP contribution in [0.1, 0.15) is 6.42 Å². The quantitative estimate of drug-likeness (QED) is 0.616. The maximum absolute atomic E-state index is 10.5. The summed E-state index contributed by atoms with van der Waals surface area (Å²) in [4.78, 5) is 12.4. The number of hydrogen-bond acceptors (Lipinski definition) is 3. The average molecular weight is 159 g/mol. The second kappa shape index (κ2) is 3.69. The molecule has 11 heavy (non-hydrogen) atoms. The molecule has 1 fully saturated rings. The van der Waals surface area contributed by atoms with E-state index in [9.17, 15) is 4.79 Å². The first kappa shape index (κ1) is 8.49. The van der Waals surface area contributed by atoms with E-state index < -0.39 is 5.97 Å². The monoisotopic (exact) mass is 159 g/mol. The summed E-state index contributed by atoms with van der Waals surface area (Å²) in [7, 11) is 1.62. The lowest BCUT2D eigenvalue weighted by atomic mass is 10.0. The van der Waals surface area contributed by atoms with E-state index >= 15 is 0 Å². The van der Waals surface area contributed by atoms with Crippen LogP contribution in [-0.4, -0.2) is 48.8 Å². The van der Waals surface area contributed by atoms with Crippen molar-refractivity contribution >= 4 is 5.97 Å². The van der Waals surface area contributed by atoms with Gasteiger partial charge in [0.2, 0.25) is 0 Å². The molecule has 1 unspecified atom stereocenters. The maximum Gasteiger partial charge on any atom is 0.320 e. The topological polar surface area (TPSA) is 49.8 Å². The lowest BCUT2D eigenvalue weighted by Crippen LogP contribution is -2.53. The number of aliphatic carboxylic acids is 1. The first-order chi connectivity index (χ1) is 5.25. The summed E-state index contributed by atoms with van der Waals surface area (Å²) in [5.41, 5.74) is 0. The van der Waals surface area contributed by atoms with Crippen LogP contribution in [0.25, 0.3) is 0 Å². The first-order valence-electron chi connectivity index (χ1n) is 3.71. The Hall–Kier alpha value is -0.610. The fourth-order valence-electron chi connectivity index (χ4n) is 1.20. The molecular weight excluding hydrogens is 146 g/mol. The molecule has 0 aliphatic carbocycles. The van der Waals surface area contributed by atoms with Gasteiger partial charge in [-0.15, -0.1) is 0 Å². The molecule has 1 rings (SSSR count). The summed E-state index contributed by atoms with van der Waals surface area (Å²) in [5.74, 6) is -0.715. The normalized spacial score (nSPS) is 24.6. The zero-order valence-corrected chi connectivity index (χ0v) is 6.62. The van der Waals surface area contributed by atoms with Crippen LogP contribution in [0.2, 0.25) is 0 Å². The third-order valence-electron chi connectivity index (χ3n) is 2.00. The van der Waals surface area contributed by atoms with Gasteiger partial charge in [-0.05, 0) is 6.42 Å². The number of ether oxygens (including phenoxy) is 1. The largest absolute Gasteiger partial charge is 0.480 e. The van der Waals surface area contributed by atoms with Gasteiger partial charge in [0.15, 0.2) is 0 Å². The minimum Gasteiger partial charge on any atom is -0.480 e. The minimum absolute atomic E-state index is 0.259. The van der Waals surface area contributed by atoms with Gasteiger partial charge in [0, 0.05) is 20.2 Å². The summed E-state index contributed by atoms with van der Waals surface area (Å²) < 4.78 is 4.84. The summed E-state index contributed by atoms with van der Waals surface area (Å²) in [5, 5.41) is 8.62. The summed E-state index contributed by atoms with van der Waals surface area (Å²) >= 11 is 0. The van der Waals surface area contributed by atoms with E-state index in [-0.39, 0.29) is 6.04 Å². The molecule has 0 spiro atoms. The smallest absolute Gasteiger partial charge is 0.320 e. The fraction of sp³-hybridized carbons (Fsp3) is 0.857. The third kappa shape index (κ3) is 1.91. The molecule has 0 radical (unpaired) electrons. The standard InChI is InChI=1S/C7H13NO3/c1-11-5-4-8-3-2-6(8)7(9)10/h6H,2-5H2,1H3,(H,9,10). The summed E-state index contributed by atoms with van der Waals surface area (Å²) in [6.07, 6.45) is 0.777. The number of carbonyl (C=O) groups is 1. The van der Waals surface area contributed by atoms with Crippen molar-refractivity contribution < 1.29 is 14.6 Å². The Bertz CT molecular complexity index is 149. The van der Waals surface area contributed by atoms with Gasteiger partial charge in [0.1, 0.15) is 6.04 Å². The van der Waals surface area contributed by atoms with Gasteiger partial charge in [0.05, 0.1) is 6.61 Å². The molecule has 0 aromatic carbocycles. The van der Waals surface area contributed by atoms with E-state index in [1.807, 2.05) is 4.90 Å². The molecular formula is C7H13NO3. The molecule has 1 aliphatic heterocycles. The number of carboxylic acid groups (broad SMARTS) is 1. The molecule has 0 aromatic rings. The first-order valence-corrected chi connectivity index (χ1v) is 3.71. The van der Waals surface area contributed by atoms with E-state index in [1.165, 1.54) is 0 Å². The molecule has 1 saturated heterocycles. The van der Waals surface area contributed by atoms with Crippen molar-refractivity contribution in [2.24, 2.45) is 0 Å². The number of hydrogen-bond donors (Lipinski definition) is 1. The number of nitrogens with zero attached hydrogens (tertiary/aromatic N) is 1. The molecule has 1 heterocycles. The maximum atomic E-state index is 10.5. The van der Waals surface area contributed by atoms with Crippen LogP contribution in [0.3, 0.4) is 0 Å². The van der Waals surface area contributed by atoms with E-state index in [2.05, 4.69) is 0 Å². The van der Waals surface area contributed by atoms with Gasteiger partial charge < -0.3 is 9.84 Å². The van der Waals surface area contributed by atoms with E-state index in [4.69, 9.17) is 9.84 Å². The predicted octanol–water partition coefficient (Wildman–Crippen LogP) is -0.208. The molecule has 0 aromatic heterocycles. The molecule has 0 bridgehead atoms. The predicted molar refractivity (Wildman–Crippen MR) is 39.5 cm³/mol. The molecule has 0 saturated carbocycles. The lowest BCUT2D eigenvalue weighted by molar-refractivity contribution is -0.148. The average Bonchev–Trinajstić information content (AvgIpc) is 1.84. The number of likely N-dealkylation sites (tertiary alicyclic amines) is 1. The Morgan fingerprint density at radius 2 is 2.55 bits per heavy atom. The van der Waals surface area contributed by atoms with Crippen molar-refractivity contribution in [3.8, 4) is 0 Å². The Balaban J connectivity index is 2.20. The zero-order chi connectivity index (χ0) is 8.27. The van der Waals surface area contributed by atoms with E-state index in [1.54, 1.807) is 7.11 Å². The van der Waals surface area contributed by atoms with Crippen LogP contribution < -0.4 is 0 Å². The highest BCUT2D eigenvalue weighted by atomic mass is 16.5. The van der Waals surface area contributed by atoms with Crippen molar-refractivity contribution in [2.45, 2.75) is 12.5 Å². The van der Waals surface area contributed by atoms with Gasteiger partial charge in [-0.2, -0.15) is 0 Å². The van der Waals surface area contributed by atoms with Gasteiger partial charge in [-0.3, -0.25) is 9.69 Å². The van der Waals surface area contributed by atoms with Gasteiger partial charge in [-0.25, -0.2) is 0 Å². The number of methoxy groups -OCH3 is 1. The zero-order valence-electron chi connectivity index (χ0n) is 6.62. The van der Waals surface area contributed by atoms with Gasteiger partial charge in [-0.1, -0.05) is 0 Å². The highest BCUT2D eigenvalue weighted by Crippen LogP contribution is 2.16. The molecule has 0 amide bonds. The molecule has 64 valence electrons.